The van der Waals surface area contributed by atoms with Gasteiger partial charge in [0, 0.05) is 61.2 Å². The fraction of sp³-hybridized carbons (Fsp3) is 0.564. The molecule has 1 N–H and O–H groups in total. The largest absolute Gasteiger partial charge is 0.497 e. The zero-order valence-corrected chi connectivity index (χ0v) is 30.4. The van der Waals surface area contributed by atoms with Crippen LogP contribution in [0.4, 0.5) is 0 Å². The number of nitrogens with zero attached hydrogens (tertiary/aromatic N) is 3. The molecule has 0 bridgehead atoms. The molecule has 11 heteroatoms. The minimum Gasteiger partial charge on any atom is -0.497 e. The Hall–Kier alpha value is -3.86. The Bertz CT molecular complexity index is 2030. The summed E-state index contributed by atoms with van der Waals surface area (Å²) >= 11 is 0. The summed E-state index contributed by atoms with van der Waals surface area (Å²) in [5.74, 6) is 0.653. The van der Waals surface area contributed by atoms with Gasteiger partial charge >= 0.3 is 0 Å². The van der Waals surface area contributed by atoms with Crippen molar-refractivity contribution >= 4 is 38.6 Å². The first-order valence-electron chi connectivity index (χ1n) is 18.3. The van der Waals surface area contributed by atoms with Gasteiger partial charge in [0.25, 0.3) is 5.91 Å². The number of fused-ring (bicyclic) bond motifs is 7. The Morgan fingerprint density at radius 1 is 0.980 bits per heavy atom. The Balaban J connectivity index is 1.29. The highest BCUT2D eigenvalue weighted by atomic mass is 32.2. The van der Waals surface area contributed by atoms with E-state index >= 15 is 4.79 Å². The van der Waals surface area contributed by atoms with Gasteiger partial charge in [0.15, 0.2) is 0 Å². The van der Waals surface area contributed by atoms with Crippen LogP contribution in [0.1, 0.15) is 105 Å². The number of nitrogens with one attached hydrogen (secondary N) is 1. The summed E-state index contributed by atoms with van der Waals surface area (Å²) in [5, 5.41) is 0.299. The van der Waals surface area contributed by atoms with Gasteiger partial charge in [0.1, 0.15) is 5.75 Å². The topological polar surface area (TPSA) is 118 Å². The summed E-state index contributed by atoms with van der Waals surface area (Å²) in [7, 11) is -0.299. The van der Waals surface area contributed by atoms with Crippen LogP contribution < -0.4 is 9.46 Å². The van der Waals surface area contributed by atoms with Gasteiger partial charge in [-0.2, -0.15) is 0 Å². The fourth-order valence-electron chi connectivity index (χ4n) is 9.72. The molecule has 50 heavy (non-hydrogen) atoms. The highest BCUT2D eigenvalue weighted by Gasteiger charge is 2.65. The van der Waals surface area contributed by atoms with Crippen molar-refractivity contribution in [3.05, 3.63) is 53.1 Å². The quantitative estimate of drug-likeness (QED) is 0.348. The lowest BCUT2D eigenvalue weighted by Crippen LogP contribution is -2.52. The molecule has 1 aromatic heterocycles. The van der Waals surface area contributed by atoms with Crippen LogP contribution in [0.3, 0.4) is 0 Å². The molecule has 4 heterocycles. The first-order valence-corrected chi connectivity index (χ1v) is 19.9. The molecule has 2 aliphatic carbocycles. The highest BCUT2D eigenvalue weighted by molar-refractivity contribution is 7.90. The van der Waals surface area contributed by atoms with Gasteiger partial charge in [-0.15, -0.1) is 0 Å². The second kappa shape index (κ2) is 11.9. The van der Waals surface area contributed by atoms with Crippen molar-refractivity contribution < 1.29 is 27.5 Å². The predicted molar refractivity (Wildman–Crippen MR) is 192 cm³/mol. The average molecular weight is 701 g/mol. The zero-order chi connectivity index (χ0) is 35.2. The number of likely N-dealkylation sites (tertiary alicyclic amines) is 2. The second-order valence-corrected chi connectivity index (χ2v) is 18.1. The molecule has 8 rings (SSSR count). The van der Waals surface area contributed by atoms with Crippen LogP contribution in [0.2, 0.25) is 0 Å². The fourth-order valence-corrected chi connectivity index (χ4v) is 10.3. The molecule has 266 valence electrons. The number of carbonyl (C=O) groups excluding carboxylic acids is 3. The van der Waals surface area contributed by atoms with Crippen molar-refractivity contribution in [2.24, 2.45) is 10.8 Å². The minimum atomic E-state index is -3.83. The van der Waals surface area contributed by atoms with Crippen LogP contribution in [0.15, 0.2) is 36.4 Å². The lowest BCUT2D eigenvalue weighted by molar-refractivity contribution is -0.146. The summed E-state index contributed by atoms with van der Waals surface area (Å²) in [4.78, 5) is 45.6. The lowest BCUT2D eigenvalue weighted by Gasteiger charge is -2.40. The monoisotopic (exact) mass is 700 g/mol. The molecule has 3 amide bonds. The molecule has 2 saturated carbocycles. The van der Waals surface area contributed by atoms with Gasteiger partial charge in [0.05, 0.1) is 28.9 Å². The van der Waals surface area contributed by atoms with Gasteiger partial charge in [-0.05, 0) is 99.7 Å². The van der Waals surface area contributed by atoms with E-state index in [-0.39, 0.29) is 23.3 Å². The molecule has 3 atom stereocenters. The lowest BCUT2D eigenvalue weighted by atomic mass is 9.78. The Labute approximate surface area is 294 Å². The van der Waals surface area contributed by atoms with Crippen LogP contribution in [-0.2, 0) is 26.2 Å². The molecule has 3 aromatic rings. The molecule has 3 unspecified atom stereocenters. The number of methoxy groups -OCH3 is 1. The van der Waals surface area contributed by atoms with E-state index in [1.165, 1.54) is 12.0 Å². The van der Waals surface area contributed by atoms with Crippen molar-refractivity contribution in [3.63, 3.8) is 0 Å². The molecule has 2 saturated heterocycles. The van der Waals surface area contributed by atoms with E-state index in [1.54, 1.807) is 27.0 Å². The third-order valence-corrected chi connectivity index (χ3v) is 14.4. The zero-order valence-electron chi connectivity index (χ0n) is 29.6. The van der Waals surface area contributed by atoms with Crippen LogP contribution in [0.5, 0.6) is 5.75 Å². The number of carbonyl (C=O) groups is 3. The Morgan fingerprint density at radius 2 is 1.76 bits per heavy atom. The van der Waals surface area contributed by atoms with E-state index in [0.717, 1.165) is 85.0 Å². The molecular formula is C39H48N4O6S. The SMILES string of the molecule is COc1ccc2c(c1)C1CC1(C(=O)N1CCCC3(CCN(C)C3=O)C1)Cn1c-2c(C2CCCCC2)c2ccc(C(=O)NS(=O)(=O)C(C)C)cc21. The number of aromatic nitrogens is 1. The van der Waals surface area contributed by atoms with Crippen molar-refractivity contribution in [1.82, 2.24) is 19.1 Å². The number of hydrogen-bond donors (Lipinski definition) is 1. The van der Waals surface area contributed by atoms with Crippen LogP contribution in [-0.4, -0.2) is 79.5 Å². The number of benzene rings is 2. The number of rotatable bonds is 6. The molecule has 10 nitrogen and oxygen atoms in total. The van der Waals surface area contributed by atoms with Crippen LogP contribution in [0, 0.1) is 10.8 Å². The molecule has 1 spiro atoms. The molecule has 5 aliphatic rings. The number of amides is 3. The first kappa shape index (κ1) is 33.3. The maximum atomic E-state index is 15.0. The summed E-state index contributed by atoms with van der Waals surface area (Å²) in [6, 6.07) is 11.8. The highest BCUT2D eigenvalue weighted by Crippen LogP contribution is 2.66. The number of sulfonamides is 1. The number of ether oxygens (including phenoxy) is 1. The van der Waals surface area contributed by atoms with Crippen LogP contribution in [0.25, 0.3) is 22.2 Å². The van der Waals surface area contributed by atoms with Crippen molar-refractivity contribution in [1.29, 1.82) is 0 Å². The van der Waals surface area contributed by atoms with Gasteiger partial charge in [-0.25, -0.2) is 13.1 Å². The first-order chi connectivity index (χ1) is 23.9. The van der Waals surface area contributed by atoms with Gasteiger partial charge in [0.2, 0.25) is 21.8 Å². The van der Waals surface area contributed by atoms with Crippen molar-refractivity contribution in [2.75, 3.05) is 33.8 Å². The summed E-state index contributed by atoms with van der Waals surface area (Å²) < 4.78 is 35.7. The van der Waals surface area contributed by atoms with Gasteiger partial charge in [-0.3, -0.25) is 14.4 Å². The standard InChI is InChI=1S/C39H48N4O6S/c1-24(2)50(47,48)40-35(44)26-11-13-29-32(19-26)43-23-39(37(46)42-17-8-15-38(22-42)16-18-41(3)36(38)45)21-31(39)30-20-27(49-4)12-14-28(30)34(43)33(29)25-9-6-5-7-10-25/h11-14,19-20,24-25,31H,5-10,15-18,21-23H2,1-4H3,(H,40,44). The molecule has 0 radical (unpaired) electrons. The van der Waals surface area contributed by atoms with E-state index in [1.807, 2.05) is 35.0 Å². The Morgan fingerprint density at radius 3 is 2.46 bits per heavy atom. The molecule has 4 fully saturated rings. The van der Waals surface area contributed by atoms with Gasteiger partial charge in [-0.1, -0.05) is 25.3 Å². The normalized spacial score (nSPS) is 26.5. The summed E-state index contributed by atoms with van der Waals surface area (Å²) in [6.45, 7) is 5.34. The maximum Gasteiger partial charge on any atom is 0.264 e. The molecular weight excluding hydrogens is 653 g/mol. The number of piperidine rings is 1. The smallest absolute Gasteiger partial charge is 0.264 e. The molecule has 3 aliphatic heterocycles. The van der Waals surface area contributed by atoms with Gasteiger partial charge < -0.3 is 19.1 Å². The predicted octanol–water partition coefficient (Wildman–Crippen LogP) is 5.79. The van der Waals surface area contributed by atoms with E-state index in [4.69, 9.17) is 4.74 Å². The van der Waals surface area contributed by atoms with Crippen molar-refractivity contribution in [2.45, 2.75) is 95.3 Å². The average Bonchev–Trinajstić information content (AvgIpc) is 3.71. The van der Waals surface area contributed by atoms with E-state index < -0.39 is 32.0 Å². The maximum absolute atomic E-state index is 15.0. The third-order valence-electron chi connectivity index (χ3n) is 12.7. The number of hydrogen-bond acceptors (Lipinski definition) is 6. The molecule has 2 aromatic carbocycles. The Kier molecular flexibility index (Phi) is 7.89. The van der Waals surface area contributed by atoms with Crippen molar-refractivity contribution in [3.8, 4) is 17.0 Å². The second-order valence-electron chi connectivity index (χ2n) is 15.9. The van der Waals surface area contributed by atoms with E-state index in [9.17, 15) is 18.0 Å². The van der Waals surface area contributed by atoms with Crippen LogP contribution >= 0.6 is 0 Å². The summed E-state index contributed by atoms with van der Waals surface area (Å²) in [5.41, 5.74) is 4.45. The summed E-state index contributed by atoms with van der Waals surface area (Å²) in [6.07, 6.45) is 8.72. The minimum absolute atomic E-state index is 0.0169. The third kappa shape index (κ3) is 5.08. The van der Waals surface area contributed by atoms with E-state index in [2.05, 4.69) is 21.4 Å². The van der Waals surface area contributed by atoms with E-state index in [0.29, 0.717) is 32.0 Å².